The average molecular weight is 639 g/mol. The van der Waals surface area contributed by atoms with Crippen LogP contribution in [0, 0.1) is 0 Å². The largest absolute Gasteiger partial charge is 0.435 e. The van der Waals surface area contributed by atoms with Crippen molar-refractivity contribution in [1.82, 2.24) is 4.98 Å². The van der Waals surface area contributed by atoms with Crippen LogP contribution in [0.3, 0.4) is 0 Å². The lowest BCUT2D eigenvalue weighted by Gasteiger charge is -2.27. The number of benzene rings is 9. The summed E-state index contributed by atoms with van der Waals surface area (Å²) in [4.78, 5) is 7.50. The van der Waals surface area contributed by atoms with Gasteiger partial charge in [-0.2, -0.15) is 0 Å². The number of fused-ring (bicyclic) bond motifs is 9. The minimum atomic E-state index is 0.636. The van der Waals surface area contributed by atoms with E-state index in [1.165, 1.54) is 32.7 Å². The number of nitrogens with zero attached hydrogens (tertiary/aromatic N) is 2. The predicted octanol–water partition coefficient (Wildman–Crippen LogP) is 13.2. The molecule has 50 heavy (non-hydrogen) atoms. The van der Waals surface area contributed by atoms with Gasteiger partial charge in [-0.05, 0) is 86.6 Å². The van der Waals surface area contributed by atoms with Gasteiger partial charge in [0.05, 0.1) is 5.69 Å². The van der Waals surface area contributed by atoms with Crippen LogP contribution in [-0.4, -0.2) is 4.98 Å². The first-order valence-corrected chi connectivity index (χ1v) is 17.0. The first-order chi connectivity index (χ1) is 24.8. The Hall–Kier alpha value is -6.71. The fourth-order valence-corrected chi connectivity index (χ4v) is 7.59. The predicted molar refractivity (Wildman–Crippen MR) is 210 cm³/mol. The highest BCUT2D eigenvalue weighted by atomic mass is 16.3. The Bertz CT molecular complexity index is 2820. The van der Waals surface area contributed by atoms with Crippen LogP contribution in [0.1, 0.15) is 0 Å². The van der Waals surface area contributed by atoms with Crippen molar-refractivity contribution in [2.75, 3.05) is 4.90 Å². The molecule has 0 spiro atoms. The van der Waals surface area contributed by atoms with Crippen molar-refractivity contribution < 1.29 is 4.42 Å². The van der Waals surface area contributed by atoms with Crippen LogP contribution in [0.25, 0.3) is 76.8 Å². The number of anilines is 3. The van der Waals surface area contributed by atoms with E-state index in [9.17, 15) is 0 Å². The third kappa shape index (κ3) is 4.48. The molecule has 0 N–H and O–H groups in total. The average Bonchev–Trinajstić information content (AvgIpc) is 3.65. The van der Waals surface area contributed by atoms with E-state index in [1.807, 2.05) is 18.2 Å². The monoisotopic (exact) mass is 638 g/mol. The number of hydrogen-bond donors (Lipinski definition) is 0. The molecule has 0 unspecified atom stereocenters. The van der Waals surface area contributed by atoms with E-state index in [4.69, 9.17) is 9.40 Å². The van der Waals surface area contributed by atoms with Gasteiger partial charge in [-0.3, -0.25) is 0 Å². The Morgan fingerprint density at radius 3 is 1.78 bits per heavy atom. The molecule has 0 radical (unpaired) electrons. The summed E-state index contributed by atoms with van der Waals surface area (Å²) in [5.74, 6) is 0.636. The van der Waals surface area contributed by atoms with Crippen molar-refractivity contribution in [2.45, 2.75) is 0 Å². The summed E-state index contributed by atoms with van der Waals surface area (Å²) in [7, 11) is 0. The Balaban J connectivity index is 1.18. The van der Waals surface area contributed by atoms with Crippen LogP contribution in [0.15, 0.2) is 186 Å². The zero-order valence-corrected chi connectivity index (χ0v) is 27.1. The van der Waals surface area contributed by atoms with Gasteiger partial charge in [-0.1, -0.05) is 133 Å². The molecule has 10 aromatic rings. The van der Waals surface area contributed by atoms with Gasteiger partial charge in [0.15, 0.2) is 5.58 Å². The van der Waals surface area contributed by atoms with Gasteiger partial charge in [0.25, 0.3) is 0 Å². The van der Waals surface area contributed by atoms with Gasteiger partial charge in [0.2, 0.25) is 5.89 Å². The fraction of sp³-hybridized carbons (Fsp3) is 0. The molecule has 0 aliphatic carbocycles. The van der Waals surface area contributed by atoms with E-state index < -0.39 is 0 Å². The van der Waals surface area contributed by atoms with Crippen LogP contribution >= 0.6 is 0 Å². The van der Waals surface area contributed by atoms with Gasteiger partial charge in [-0.15, -0.1) is 0 Å². The van der Waals surface area contributed by atoms with E-state index in [2.05, 4.69) is 169 Å². The molecule has 234 valence electrons. The lowest BCUT2D eigenvalue weighted by atomic mass is 9.91. The fourth-order valence-electron chi connectivity index (χ4n) is 7.59. The minimum Gasteiger partial charge on any atom is -0.435 e. The van der Waals surface area contributed by atoms with Gasteiger partial charge < -0.3 is 9.32 Å². The van der Waals surface area contributed by atoms with E-state index in [-0.39, 0.29) is 0 Å². The topological polar surface area (TPSA) is 29.3 Å². The summed E-state index contributed by atoms with van der Waals surface area (Å²) >= 11 is 0. The smallest absolute Gasteiger partial charge is 0.227 e. The van der Waals surface area contributed by atoms with Crippen LogP contribution in [0.4, 0.5) is 17.1 Å². The van der Waals surface area contributed by atoms with Crippen LogP contribution in [0.2, 0.25) is 0 Å². The van der Waals surface area contributed by atoms with Crippen molar-refractivity contribution in [3.63, 3.8) is 0 Å². The van der Waals surface area contributed by atoms with Gasteiger partial charge in [0, 0.05) is 33.1 Å². The lowest BCUT2D eigenvalue weighted by molar-refractivity contribution is 0.623. The molecular formula is C47H30N2O. The van der Waals surface area contributed by atoms with E-state index >= 15 is 0 Å². The van der Waals surface area contributed by atoms with Crippen molar-refractivity contribution in [3.05, 3.63) is 182 Å². The second-order valence-electron chi connectivity index (χ2n) is 12.7. The Morgan fingerprint density at radius 2 is 1.02 bits per heavy atom. The number of rotatable bonds is 5. The number of oxazole rings is 1. The number of hydrogen-bond acceptors (Lipinski definition) is 3. The molecule has 3 nitrogen and oxygen atoms in total. The standard InChI is InChI=1S/C47H30N2O/c1-4-14-31(15-5-1)47-48-45-44-40-24-13-23-36(39(40)28-29-41(44)38-21-10-11-22-42(38)46(45)50-47)33-26-27-37-32(30-33)16-12-25-43(37)49(34-17-6-2-7-18-34)35-19-8-3-9-20-35/h1-30H. The molecule has 0 bridgehead atoms. The molecule has 3 heteroatoms. The van der Waals surface area contributed by atoms with Crippen molar-refractivity contribution in [2.24, 2.45) is 0 Å². The molecular weight excluding hydrogens is 609 g/mol. The molecule has 0 atom stereocenters. The second kappa shape index (κ2) is 11.5. The van der Waals surface area contributed by atoms with Crippen LogP contribution in [0.5, 0.6) is 0 Å². The van der Waals surface area contributed by atoms with E-state index in [1.54, 1.807) is 0 Å². The normalized spacial score (nSPS) is 11.6. The molecule has 9 aromatic carbocycles. The summed E-state index contributed by atoms with van der Waals surface area (Å²) in [6, 6.07) is 64.4. The molecule has 0 saturated heterocycles. The maximum Gasteiger partial charge on any atom is 0.227 e. The van der Waals surface area contributed by atoms with Crippen LogP contribution in [-0.2, 0) is 0 Å². The molecule has 0 aliphatic heterocycles. The first kappa shape index (κ1) is 28.3. The third-order valence-corrected chi connectivity index (χ3v) is 9.85. The van der Waals surface area contributed by atoms with Crippen LogP contribution < -0.4 is 4.90 Å². The van der Waals surface area contributed by atoms with Crippen molar-refractivity contribution in [1.29, 1.82) is 0 Å². The quantitative estimate of drug-likeness (QED) is 0.176. The molecule has 0 fully saturated rings. The molecule has 0 saturated carbocycles. The SMILES string of the molecule is c1ccc(-c2nc3c(o2)c2ccccc2c2ccc4c(-c5ccc6c(N(c7ccccc7)c7ccccc7)cccc6c5)cccc4c23)cc1. The highest BCUT2D eigenvalue weighted by molar-refractivity contribution is 6.30. The minimum absolute atomic E-state index is 0.636. The molecule has 1 aromatic heterocycles. The number of para-hydroxylation sites is 2. The first-order valence-electron chi connectivity index (χ1n) is 17.0. The van der Waals surface area contributed by atoms with Crippen molar-refractivity contribution >= 4 is 71.3 Å². The molecule has 0 aliphatic rings. The Morgan fingerprint density at radius 1 is 0.420 bits per heavy atom. The molecule has 10 rings (SSSR count). The van der Waals surface area contributed by atoms with Crippen molar-refractivity contribution in [3.8, 4) is 22.6 Å². The molecule has 1 heterocycles. The maximum absolute atomic E-state index is 6.57. The highest BCUT2D eigenvalue weighted by Gasteiger charge is 2.20. The lowest BCUT2D eigenvalue weighted by Crippen LogP contribution is -2.10. The summed E-state index contributed by atoms with van der Waals surface area (Å²) in [5.41, 5.74) is 8.44. The summed E-state index contributed by atoms with van der Waals surface area (Å²) in [5, 5.41) is 9.27. The molecule has 0 amide bonds. The zero-order valence-electron chi connectivity index (χ0n) is 27.1. The van der Waals surface area contributed by atoms with E-state index in [0.717, 1.165) is 55.3 Å². The second-order valence-corrected chi connectivity index (χ2v) is 12.7. The zero-order chi connectivity index (χ0) is 33.0. The van der Waals surface area contributed by atoms with Gasteiger partial charge in [-0.25, -0.2) is 4.98 Å². The third-order valence-electron chi connectivity index (χ3n) is 9.85. The maximum atomic E-state index is 6.57. The highest BCUT2D eigenvalue weighted by Crippen LogP contribution is 2.44. The van der Waals surface area contributed by atoms with Gasteiger partial charge >= 0.3 is 0 Å². The summed E-state index contributed by atoms with van der Waals surface area (Å²) in [6.07, 6.45) is 0. The van der Waals surface area contributed by atoms with E-state index in [0.29, 0.717) is 5.89 Å². The summed E-state index contributed by atoms with van der Waals surface area (Å²) < 4.78 is 6.57. The summed E-state index contributed by atoms with van der Waals surface area (Å²) in [6.45, 7) is 0. The Labute approximate surface area is 289 Å². The Kier molecular flexibility index (Phi) is 6.49. The number of aromatic nitrogens is 1. The van der Waals surface area contributed by atoms with Gasteiger partial charge in [0.1, 0.15) is 5.52 Å².